The number of aliphatic imine (C=N–C) groups is 1. The van der Waals surface area contributed by atoms with Crippen LogP contribution in [0.4, 0.5) is 5.69 Å². The number of halogens is 1. The van der Waals surface area contributed by atoms with E-state index in [0.717, 1.165) is 22.6 Å². The predicted molar refractivity (Wildman–Crippen MR) is 109 cm³/mol. The fraction of sp³-hybridized carbons (Fsp3) is 0.111. The van der Waals surface area contributed by atoms with Crippen LogP contribution in [0, 0.1) is 6.92 Å². The minimum Gasteiger partial charge on any atom is -0.370 e. The van der Waals surface area contributed by atoms with Crippen LogP contribution in [-0.2, 0) is 6.54 Å². The molecule has 0 aliphatic rings. The van der Waals surface area contributed by atoms with E-state index in [4.69, 9.17) is 5.73 Å². The Morgan fingerprint density at radius 3 is 2.50 bits per heavy atom. The standard InChI is InChI=1S/C18H19N5.HI/c1-14-11-12-23(22-14)17-10-6-5-7-15(17)13-20-18(19)21-16-8-3-2-4-9-16;/h2-12H,13H2,1H3,(H3,19,20,21);1H. The highest BCUT2D eigenvalue weighted by molar-refractivity contribution is 14.0. The maximum Gasteiger partial charge on any atom is 0.193 e. The van der Waals surface area contributed by atoms with E-state index in [9.17, 15) is 0 Å². The topological polar surface area (TPSA) is 68.2 Å². The molecule has 0 saturated heterocycles. The van der Waals surface area contributed by atoms with Gasteiger partial charge in [-0.2, -0.15) is 5.10 Å². The Balaban J connectivity index is 0.00000208. The van der Waals surface area contributed by atoms with E-state index in [1.165, 1.54) is 0 Å². The Kier molecular flexibility index (Phi) is 6.36. The summed E-state index contributed by atoms with van der Waals surface area (Å²) in [7, 11) is 0. The van der Waals surface area contributed by atoms with Crippen LogP contribution in [-0.4, -0.2) is 15.7 Å². The van der Waals surface area contributed by atoms with Crippen molar-refractivity contribution in [2.75, 3.05) is 5.32 Å². The van der Waals surface area contributed by atoms with Crippen molar-refractivity contribution in [3.63, 3.8) is 0 Å². The van der Waals surface area contributed by atoms with Crippen LogP contribution in [0.25, 0.3) is 5.69 Å². The molecule has 3 rings (SSSR count). The molecular weight excluding hydrogens is 413 g/mol. The molecule has 3 N–H and O–H groups in total. The van der Waals surface area contributed by atoms with E-state index in [1.54, 1.807) is 0 Å². The number of nitrogens with two attached hydrogens (primary N) is 1. The number of benzene rings is 2. The molecule has 0 unspecified atom stereocenters. The van der Waals surface area contributed by atoms with Gasteiger partial charge in [0.15, 0.2) is 5.96 Å². The fourth-order valence-electron chi connectivity index (χ4n) is 2.30. The molecule has 124 valence electrons. The number of rotatable bonds is 4. The molecule has 6 heteroatoms. The van der Waals surface area contributed by atoms with Crippen molar-refractivity contribution in [2.45, 2.75) is 13.5 Å². The highest BCUT2D eigenvalue weighted by Crippen LogP contribution is 2.15. The summed E-state index contributed by atoms with van der Waals surface area (Å²) in [6.07, 6.45) is 1.95. The normalized spacial score (nSPS) is 11.0. The lowest BCUT2D eigenvalue weighted by Gasteiger charge is -2.09. The van der Waals surface area contributed by atoms with Crippen molar-refractivity contribution in [3.8, 4) is 5.69 Å². The van der Waals surface area contributed by atoms with Gasteiger partial charge in [0, 0.05) is 11.9 Å². The predicted octanol–water partition coefficient (Wildman–Crippen LogP) is 3.73. The van der Waals surface area contributed by atoms with Gasteiger partial charge in [0.05, 0.1) is 17.9 Å². The van der Waals surface area contributed by atoms with Crippen molar-refractivity contribution < 1.29 is 0 Å². The Labute approximate surface area is 158 Å². The summed E-state index contributed by atoms with van der Waals surface area (Å²) in [4.78, 5) is 4.42. The number of guanidine groups is 1. The summed E-state index contributed by atoms with van der Waals surface area (Å²) in [6.45, 7) is 2.46. The smallest absolute Gasteiger partial charge is 0.193 e. The average molecular weight is 433 g/mol. The third-order valence-electron chi connectivity index (χ3n) is 3.43. The van der Waals surface area contributed by atoms with E-state index in [1.807, 2.05) is 78.5 Å². The monoisotopic (exact) mass is 433 g/mol. The number of hydrogen-bond acceptors (Lipinski definition) is 2. The van der Waals surface area contributed by atoms with Gasteiger partial charge in [-0.3, -0.25) is 0 Å². The molecule has 0 aliphatic heterocycles. The summed E-state index contributed by atoms with van der Waals surface area (Å²) in [5.74, 6) is 0.391. The third kappa shape index (κ3) is 4.58. The molecule has 1 aromatic heterocycles. The van der Waals surface area contributed by atoms with Crippen LogP contribution in [0.5, 0.6) is 0 Å². The molecule has 1 heterocycles. The number of aromatic nitrogens is 2. The molecule has 24 heavy (non-hydrogen) atoms. The molecule has 0 atom stereocenters. The highest BCUT2D eigenvalue weighted by Gasteiger charge is 2.05. The van der Waals surface area contributed by atoms with Gasteiger partial charge >= 0.3 is 0 Å². The molecule has 0 amide bonds. The molecular formula is C18H20IN5. The minimum absolute atomic E-state index is 0. The van der Waals surface area contributed by atoms with Crippen molar-refractivity contribution >= 4 is 35.6 Å². The third-order valence-corrected chi connectivity index (χ3v) is 3.43. The zero-order valence-electron chi connectivity index (χ0n) is 13.4. The SMILES string of the molecule is Cc1ccn(-c2ccccc2CN=C(N)Nc2ccccc2)n1.I. The van der Waals surface area contributed by atoms with Gasteiger partial charge in [-0.25, -0.2) is 9.67 Å². The van der Waals surface area contributed by atoms with Crippen LogP contribution in [0.15, 0.2) is 71.9 Å². The van der Waals surface area contributed by atoms with Gasteiger partial charge < -0.3 is 11.1 Å². The summed E-state index contributed by atoms with van der Waals surface area (Å²) in [6, 6.07) is 19.8. The minimum atomic E-state index is 0. The molecule has 0 radical (unpaired) electrons. The van der Waals surface area contributed by atoms with Gasteiger partial charge in [-0.05, 0) is 36.8 Å². The van der Waals surface area contributed by atoms with Crippen molar-refractivity contribution in [1.82, 2.24) is 9.78 Å². The zero-order valence-corrected chi connectivity index (χ0v) is 15.7. The van der Waals surface area contributed by atoms with Crippen molar-refractivity contribution in [3.05, 3.63) is 78.1 Å². The average Bonchev–Trinajstić information content (AvgIpc) is 3.00. The van der Waals surface area contributed by atoms with Crippen LogP contribution < -0.4 is 11.1 Å². The van der Waals surface area contributed by atoms with Gasteiger partial charge in [0.1, 0.15) is 0 Å². The number of hydrogen-bond donors (Lipinski definition) is 2. The first-order valence-corrected chi connectivity index (χ1v) is 7.45. The Hall–Kier alpha value is -2.35. The second-order valence-corrected chi connectivity index (χ2v) is 5.22. The number of aryl methyl sites for hydroxylation is 1. The lowest BCUT2D eigenvalue weighted by atomic mass is 10.2. The number of nitrogens with zero attached hydrogens (tertiary/aromatic N) is 3. The fourth-order valence-corrected chi connectivity index (χ4v) is 2.30. The number of nitrogens with one attached hydrogen (secondary N) is 1. The molecule has 0 fully saturated rings. The Bertz CT molecular complexity index is 811. The van der Waals surface area contributed by atoms with Crippen LogP contribution in [0.1, 0.15) is 11.3 Å². The first kappa shape index (κ1) is 18.0. The molecule has 0 spiro atoms. The van der Waals surface area contributed by atoms with Gasteiger partial charge in [0.2, 0.25) is 0 Å². The van der Waals surface area contributed by atoms with E-state index < -0.39 is 0 Å². The second kappa shape index (κ2) is 8.49. The lowest BCUT2D eigenvalue weighted by Crippen LogP contribution is -2.22. The van der Waals surface area contributed by atoms with Crippen molar-refractivity contribution in [2.24, 2.45) is 10.7 Å². The highest BCUT2D eigenvalue weighted by atomic mass is 127. The molecule has 2 aromatic carbocycles. The first-order chi connectivity index (χ1) is 11.2. The Morgan fingerprint density at radius 1 is 1.08 bits per heavy atom. The van der Waals surface area contributed by atoms with Crippen LogP contribution >= 0.6 is 24.0 Å². The lowest BCUT2D eigenvalue weighted by molar-refractivity contribution is 0.844. The van der Waals surface area contributed by atoms with E-state index in [-0.39, 0.29) is 24.0 Å². The van der Waals surface area contributed by atoms with E-state index >= 15 is 0 Å². The molecule has 0 bridgehead atoms. The van der Waals surface area contributed by atoms with Crippen LogP contribution in [0.3, 0.4) is 0 Å². The first-order valence-electron chi connectivity index (χ1n) is 7.45. The second-order valence-electron chi connectivity index (χ2n) is 5.22. The van der Waals surface area contributed by atoms with Gasteiger partial charge in [-0.15, -0.1) is 24.0 Å². The van der Waals surface area contributed by atoms with Gasteiger partial charge in [-0.1, -0.05) is 36.4 Å². The van der Waals surface area contributed by atoms with Crippen LogP contribution in [0.2, 0.25) is 0 Å². The van der Waals surface area contributed by atoms with E-state index in [2.05, 4.69) is 15.4 Å². The molecule has 5 nitrogen and oxygen atoms in total. The molecule has 0 saturated carbocycles. The maximum absolute atomic E-state index is 5.96. The maximum atomic E-state index is 5.96. The summed E-state index contributed by atoms with van der Waals surface area (Å²) in [5.41, 5.74) is 9.94. The molecule has 3 aromatic rings. The zero-order chi connectivity index (χ0) is 16.1. The number of anilines is 1. The Morgan fingerprint density at radius 2 is 1.79 bits per heavy atom. The molecule has 0 aliphatic carbocycles. The summed E-state index contributed by atoms with van der Waals surface area (Å²) in [5, 5.41) is 7.54. The largest absolute Gasteiger partial charge is 0.370 e. The van der Waals surface area contributed by atoms with Gasteiger partial charge in [0.25, 0.3) is 0 Å². The summed E-state index contributed by atoms with van der Waals surface area (Å²) >= 11 is 0. The van der Waals surface area contributed by atoms with Crippen molar-refractivity contribution in [1.29, 1.82) is 0 Å². The van der Waals surface area contributed by atoms with E-state index in [0.29, 0.717) is 12.5 Å². The summed E-state index contributed by atoms with van der Waals surface area (Å²) < 4.78 is 1.86. The number of para-hydroxylation sites is 2. The quantitative estimate of drug-likeness (QED) is 0.375.